The molecule has 1 aliphatic rings. The van der Waals surface area contributed by atoms with Crippen molar-refractivity contribution in [3.63, 3.8) is 0 Å². The van der Waals surface area contributed by atoms with Crippen LogP contribution in [-0.2, 0) is 19.1 Å². The van der Waals surface area contributed by atoms with Crippen LogP contribution >= 0.6 is 0 Å². The van der Waals surface area contributed by atoms with Crippen LogP contribution in [0.4, 0.5) is 0 Å². The third-order valence-electron chi connectivity index (χ3n) is 5.67. The van der Waals surface area contributed by atoms with Crippen LogP contribution in [0.2, 0.25) is 0 Å². The highest BCUT2D eigenvalue weighted by Crippen LogP contribution is 2.56. The molecule has 0 bridgehead atoms. The zero-order valence-corrected chi connectivity index (χ0v) is 14.8. The highest BCUT2D eigenvalue weighted by molar-refractivity contribution is 5.90. The van der Waals surface area contributed by atoms with Crippen LogP contribution in [0.1, 0.15) is 79.1 Å². The van der Waals surface area contributed by atoms with E-state index in [1.807, 2.05) is 0 Å². The van der Waals surface area contributed by atoms with Crippen molar-refractivity contribution in [2.75, 3.05) is 0 Å². The van der Waals surface area contributed by atoms with Gasteiger partial charge in [0, 0.05) is 6.42 Å². The molecule has 132 valence electrons. The van der Waals surface area contributed by atoms with Crippen LogP contribution in [-0.4, -0.2) is 23.0 Å². The molecule has 5 heteroatoms. The molecule has 0 radical (unpaired) electrons. The van der Waals surface area contributed by atoms with Crippen molar-refractivity contribution in [3.05, 3.63) is 0 Å². The highest BCUT2D eigenvalue weighted by Gasteiger charge is 2.59. The van der Waals surface area contributed by atoms with E-state index in [-0.39, 0.29) is 6.42 Å². The Morgan fingerprint density at radius 3 is 2.22 bits per heavy atom. The van der Waals surface area contributed by atoms with Crippen LogP contribution in [0.5, 0.6) is 0 Å². The number of carbonyl (C=O) groups is 3. The SMILES string of the molecule is CCCCCCCC(=O)OC(=O)[C@@]1(C)CC[C@@H](C(=O)O)C1(C)C. The fraction of sp³-hybridized carbons (Fsp3) is 0.833. The quantitative estimate of drug-likeness (QED) is 0.415. The molecule has 2 atom stereocenters. The molecule has 0 unspecified atom stereocenters. The lowest BCUT2D eigenvalue weighted by atomic mass is 9.65. The van der Waals surface area contributed by atoms with Gasteiger partial charge in [-0.15, -0.1) is 0 Å². The Morgan fingerprint density at radius 2 is 1.70 bits per heavy atom. The highest BCUT2D eigenvalue weighted by atomic mass is 16.6. The maximum Gasteiger partial charge on any atom is 0.320 e. The predicted octanol–water partition coefficient (Wildman–Crippen LogP) is 3.94. The van der Waals surface area contributed by atoms with E-state index in [2.05, 4.69) is 6.92 Å². The first-order valence-corrected chi connectivity index (χ1v) is 8.64. The summed E-state index contributed by atoms with van der Waals surface area (Å²) in [6.07, 6.45) is 6.17. The van der Waals surface area contributed by atoms with Crippen molar-refractivity contribution < 1.29 is 24.2 Å². The van der Waals surface area contributed by atoms with Gasteiger partial charge in [0.25, 0.3) is 0 Å². The summed E-state index contributed by atoms with van der Waals surface area (Å²) >= 11 is 0. The summed E-state index contributed by atoms with van der Waals surface area (Å²) in [7, 11) is 0. The molecule has 0 saturated heterocycles. The summed E-state index contributed by atoms with van der Waals surface area (Å²) in [5.41, 5.74) is -1.68. The number of rotatable bonds is 8. The Bertz CT molecular complexity index is 454. The van der Waals surface area contributed by atoms with Crippen LogP contribution < -0.4 is 0 Å². The molecule has 1 rings (SSSR count). The van der Waals surface area contributed by atoms with Crippen LogP contribution in [0.3, 0.4) is 0 Å². The summed E-state index contributed by atoms with van der Waals surface area (Å²) in [5, 5.41) is 9.31. The van der Waals surface area contributed by atoms with Gasteiger partial charge in [-0.3, -0.25) is 14.4 Å². The minimum atomic E-state index is -0.937. The van der Waals surface area contributed by atoms with Gasteiger partial charge in [0.15, 0.2) is 0 Å². The monoisotopic (exact) mass is 326 g/mol. The first kappa shape index (κ1) is 19.7. The molecule has 0 spiro atoms. The third kappa shape index (κ3) is 4.33. The Hall–Kier alpha value is -1.39. The van der Waals surface area contributed by atoms with Crippen molar-refractivity contribution in [1.29, 1.82) is 0 Å². The van der Waals surface area contributed by atoms with Gasteiger partial charge < -0.3 is 9.84 Å². The average molecular weight is 326 g/mol. The van der Waals surface area contributed by atoms with Crippen LogP contribution in [0, 0.1) is 16.7 Å². The van der Waals surface area contributed by atoms with Gasteiger partial charge in [-0.25, -0.2) is 0 Å². The van der Waals surface area contributed by atoms with Crippen molar-refractivity contribution in [2.45, 2.75) is 79.1 Å². The number of esters is 2. The molecule has 0 aromatic heterocycles. The summed E-state index contributed by atoms with van der Waals surface area (Å²) in [5.74, 6) is -2.56. The summed E-state index contributed by atoms with van der Waals surface area (Å²) in [6.45, 7) is 7.39. The van der Waals surface area contributed by atoms with Crippen molar-refractivity contribution in [3.8, 4) is 0 Å². The van der Waals surface area contributed by atoms with Crippen LogP contribution in [0.25, 0.3) is 0 Å². The molecule has 1 fully saturated rings. The number of carboxylic acids is 1. The fourth-order valence-electron chi connectivity index (χ4n) is 3.44. The summed E-state index contributed by atoms with van der Waals surface area (Å²) in [6, 6.07) is 0. The minimum Gasteiger partial charge on any atom is -0.481 e. The van der Waals surface area contributed by atoms with Gasteiger partial charge in [-0.2, -0.15) is 0 Å². The van der Waals surface area contributed by atoms with E-state index in [9.17, 15) is 19.5 Å². The summed E-state index contributed by atoms with van der Waals surface area (Å²) in [4.78, 5) is 35.7. The lowest BCUT2D eigenvalue weighted by molar-refractivity contribution is -0.172. The van der Waals surface area contributed by atoms with Crippen molar-refractivity contribution in [1.82, 2.24) is 0 Å². The van der Waals surface area contributed by atoms with Gasteiger partial charge in [0.1, 0.15) is 0 Å². The van der Waals surface area contributed by atoms with E-state index >= 15 is 0 Å². The Labute approximate surface area is 138 Å². The second-order valence-electron chi connectivity index (χ2n) is 7.41. The molecule has 5 nitrogen and oxygen atoms in total. The number of hydrogen-bond acceptors (Lipinski definition) is 4. The smallest absolute Gasteiger partial charge is 0.320 e. The number of unbranched alkanes of at least 4 members (excludes halogenated alkanes) is 4. The molecule has 23 heavy (non-hydrogen) atoms. The first-order valence-electron chi connectivity index (χ1n) is 8.64. The molecular weight excluding hydrogens is 296 g/mol. The molecular formula is C18H30O5. The number of ether oxygens (including phenoxy) is 1. The number of carbonyl (C=O) groups excluding carboxylic acids is 2. The first-order chi connectivity index (χ1) is 10.7. The molecule has 1 aliphatic carbocycles. The Kier molecular flexibility index (Phi) is 6.78. The van der Waals surface area contributed by atoms with E-state index in [0.29, 0.717) is 12.8 Å². The zero-order valence-electron chi connectivity index (χ0n) is 14.8. The van der Waals surface area contributed by atoms with E-state index < -0.39 is 34.7 Å². The van der Waals surface area contributed by atoms with Gasteiger partial charge >= 0.3 is 17.9 Å². The standard InChI is InChI=1S/C18H30O5/c1-5-6-7-8-9-10-14(19)23-16(22)18(4)12-11-13(15(20)21)17(18,2)3/h13H,5-12H2,1-4H3,(H,20,21)/t13-,18+/m0/s1. The Balaban J connectivity index is 2.56. The lowest BCUT2D eigenvalue weighted by Gasteiger charge is -2.37. The number of aliphatic carboxylic acids is 1. The van der Waals surface area contributed by atoms with Gasteiger partial charge in [-0.1, -0.05) is 46.5 Å². The molecule has 0 heterocycles. The lowest BCUT2D eigenvalue weighted by Crippen LogP contribution is -2.44. The number of carboxylic acid groups (broad SMARTS) is 1. The maximum atomic E-state index is 12.5. The summed E-state index contributed by atoms with van der Waals surface area (Å²) < 4.78 is 5.04. The zero-order chi connectivity index (χ0) is 17.7. The normalized spacial score (nSPS) is 26.0. The predicted molar refractivity (Wildman–Crippen MR) is 86.7 cm³/mol. The second-order valence-corrected chi connectivity index (χ2v) is 7.41. The van der Waals surface area contributed by atoms with E-state index in [0.717, 1.165) is 32.1 Å². The molecule has 0 aromatic rings. The molecule has 1 saturated carbocycles. The topological polar surface area (TPSA) is 80.7 Å². The number of hydrogen-bond donors (Lipinski definition) is 1. The maximum absolute atomic E-state index is 12.5. The van der Waals surface area contributed by atoms with E-state index in [4.69, 9.17) is 4.74 Å². The third-order valence-corrected chi connectivity index (χ3v) is 5.67. The molecule has 0 aromatic carbocycles. The second kappa shape index (κ2) is 7.93. The van der Waals surface area contributed by atoms with Gasteiger partial charge in [0.2, 0.25) is 0 Å². The van der Waals surface area contributed by atoms with E-state index in [1.54, 1.807) is 20.8 Å². The molecule has 1 N–H and O–H groups in total. The van der Waals surface area contributed by atoms with Gasteiger partial charge in [-0.05, 0) is 31.6 Å². The average Bonchev–Trinajstić information content (AvgIpc) is 2.70. The Morgan fingerprint density at radius 1 is 1.09 bits per heavy atom. The minimum absolute atomic E-state index is 0.244. The molecule has 0 aliphatic heterocycles. The molecule has 0 amide bonds. The van der Waals surface area contributed by atoms with Gasteiger partial charge in [0.05, 0.1) is 11.3 Å². The van der Waals surface area contributed by atoms with Crippen molar-refractivity contribution in [2.24, 2.45) is 16.7 Å². The van der Waals surface area contributed by atoms with Crippen molar-refractivity contribution >= 4 is 17.9 Å². The fourth-order valence-corrected chi connectivity index (χ4v) is 3.44. The van der Waals surface area contributed by atoms with E-state index in [1.165, 1.54) is 0 Å². The van der Waals surface area contributed by atoms with Crippen LogP contribution in [0.15, 0.2) is 0 Å². The largest absolute Gasteiger partial charge is 0.481 e.